The number of benzene rings is 3. The van der Waals surface area contributed by atoms with Gasteiger partial charge in [0.25, 0.3) is 0 Å². The van der Waals surface area contributed by atoms with Crippen LogP contribution in [-0.2, 0) is 4.84 Å². The third-order valence-electron chi connectivity index (χ3n) is 4.37. The molecule has 152 valence electrons. The summed E-state index contributed by atoms with van der Waals surface area (Å²) in [5, 5.41) is 3.89. The number of Topliss-reactive ketones (excluding diaryl/α,β-unsaturated/α-hetero) is 1. The molecule has 4 nitrogen and oxygen atoms in total. The Balaban J connectivity index is 1.70. The van der Waals surface area contributed by atoms with Crippen molar-refractivity contribution in [3.63, 3.8) is 0 Å². The van der Waals surface area contributed by atoms with Crippen molar-refractivity contribution in [1.82, 2.24) is 0 Å². The molecule has 0 atom stereocenters. The van der Waals surface area contributed by atoms with Crippen molar-refractivity contribution in [2.45, 2.75) is 36.5 Å². The molecule has 0 saturated heterocycles. The zero-order chi connectivity index (χ0) is 21.3. The Morgan fingerprint density at radius 3 is 2.07 bits per heavy atom. The summed E-state index contributed by atoms with van der Waals surface area (Å²) >= 11 is 1.63. The van der Waals surface area contributed by atoms with Crippen LogP contribution in [0.15, 0.2) is 93.8 Å². The van der Waals surface area contributed by atoms with Crippen LogP contribution in [0.4, 0.5) is 0 Å². The lowest BCUT2D eigenvalue weighted by Crippen LogP contribution is -2.16. The summed E-state index contributed by atoms with van der Waals surface area (Å²) in [7, 11) is 0. The van der Waals surface area contributed by atoms with Gasteiger partial charge in [-0.3, -0.25) is 4.79 Å². The van der Waals surface area contributed by atoms with Crippen LogP contribution in [0.5, 0.6) is 0 Å². The second kappa shape index (κ2) is 10.6. The Kier molecular flexibility index (Phi) is 7.57. The number of carbonyl (C=O) groups is 2. The van der Waals surface area contributed by atoms with Crippen LogP contribution < -0.4 is 0 Å². The standard InChI is InChI=1S/C25H23NO3S/c1-3-7-23(26-29-25(28)20-12-10-18(2)11-13-20)24(27)19-14-16-22(17-15-19)30-21-8-5-4-6-9-21/h4-6,8-17H,3,7H2,1-2H3/b26-23-. The van der Waals surface area contributed by atoms with Crippen molar-refractivity contribution in [2.24, 2.45) is 5.16 Å². The van der Waals surface area contributed by atoms with Crippen molar-refractivity contribution < 1.29 is 14.4 Å². The number of ketones is 1. The van der Waals surface area contributed by atoms with Gasteiger partial charge in [0.2, 0.25) is 5.78 Å². The normalized spacial score (nSPS) is 11.2. The lowest BCUT2D eigenvalue weighted by molar-refractivity contribution is 0.0514. The molecule has 0 radical (unpaired) electrons. The van der Waals surface area contributed by atoms with Crippen molar-refractivity contribution in [3.8, 4) is 0 Å². The maximum atomic E-state index is 12.9. The number of oxime groups is 1. The van der Waals surface area contributed by atoms with Crippen molar-refractivity contribution in [3.05, 3.63) is 95.6 Å². The second-order valence-corrected chi connectivity index (χ2v) is 7.95. The van der Waals surface area contributed by atoms with Gasteiger partial charge in [0.1, 0.15) is 5.71 Å². The molecule has 0 heterocycles. The third-order valence-corrected chi connectivity index (χ3v) is 5.39. The molecule has 3 aromatic carbocycles. The number of rotatable bonds is 8. The molecule has 30 heavy (non-hydrogen) atoms. The first kappa shape index (κ1) is 21.5. The van der Waals surface area contributed by atoms with E-state index in [4.69, 9.17) is 4.84 Å². The topological polar surface area (TPSA) is 55.7 Å². The van der Waals surface area contributed by atoms with Crippen LogP contribution >= 0.6 is 11.8 Å². The Morgan fingerprint density at radius 2 is 1.43 bits per heavy atom. The minimum atomic E-state index is -0.578. The lowest BCUT2D eigenvalue weighted by Gasteiger charge is -2.06. The van der Waals surface area contributed by atoms with Gasteiger partial charge in [-0.1, -0.05) is 66.2 Å². The van der Waals surface area contributed by atoms with Gasteiger partial charge in [-0.05, 0) is 61.9 Å². The minimum Gasteiger partial charge on any atom is -0.312 e. The molecule has 5 heteroatoms. The number of hydrogen-bond donors (Lipinski definition) is 0. The van der Waals surface area contributed by atoms with Gasteiger partial charge in [-0.2, -0.15) is 0 Å². The van der Waals surface area contributed by atoms with E-state index < -0.39 is 5.97 Å². The highest BCUT2D eigenvalue weighted by Gasteiger charge is 2.16. The first-order chi connectivity index (χ1) is 14.6. The molecule has 3 aromatic rings. The molecule has 0 aliphatic heterocycles. The second-order valence-electron chi connectivity index (χ2n) is 6.80. The minimum absolute atomic E-state index is 0.232. The van der Waals surface area contributed by atoms with Crippen molar-refractivity contribution >= 4 is 29.2 Å². The number of hydrogen-bond acceptors (Lipinski definition) is 5. The molecule has 0 spiro atoms. The molecule has 0 N–H and O–H groups in total. The summed E-state index contributed by atoms with van der Waals surface area (Å²) in [6, 6.07) is 24.4. The summed E-state index contributed by atoms with van der Waals surface area (Å²) in [4.78, 5) is 32.3. The van der Waals surface area contributed by atoms with Gasteiger partial charge >= 0.3 is 5.97 Å². The molecule has 0 saturated carbocycles. The molecule has 0 amide bonds. The Labute approximate surface area is 181 Å². The van der Waals surface area contributed by atoms with Gasteiger partial charge in [-0.15, -0.1) is 0 Å². The van der Waals surface area contributed by atoms with Gasteiger partial charge in [0, 0.05) is 15.4 Å². The average molecular weight is 418 g/mol. The Morgan fingerprint density at radius 1 is 0.833 bits per heavy atom. The maximum absolute atomic E-state index is 12.9. The summed E-state index contributed by atoms with van der Waals surface area (Å²) in [5.41, 5.74) is 2.20. The quantitative estimate of drug-likeness (QED) is 0.186. The van der Waals surface area contributed by atoms with Crippen LogP contribution in [0.25, 0.3) is 0 Å². The zero-order valence-corrected chi connectivity index (χ0v) is 17.8. The van der Waals surface area contributed by atoms with Crippen LogP contribution in [0.1, 0.15) is 46.0 Å². The van der Waals surface area contributed by atoms with Gasteiger partial charge < -0.3 is 4.84 Å². The number of aryl methyl sites for hydroxylation is 1. The van der Waals surface area contributed by atoms with E-state index in [9.17, 15) is 9.59 Å². The molecular formula is C25H23NO3S. The van der Waals surface area contributed by atoms with Gasteiger partial charge in [-0.25, -0.2) is 4.79 Å². The van der Waals surface area contributed by atoms with E-state index in [1.165, 1.54) is 0 Å². The molecule has 3 rings (SSSR count). The van der Waals surface area contributed by atoms with E-state index in [-0.39, 0.29) is 11.5 Å². The van der Waals surface area contributed by atoms with Gasteiger partial charge in [0.15, 0.2) is 0 Å². The Hall–Kier alpha value is -3.18. The number of nitrogens with zero attached hydrogens (tertiary/aromatic N) is 1. The highest BCUT2D eigenvalue weighted by molar-refractivity contribution is 7.99. The van der Waals surface area contributed by atoms with Gasteiger partial charge in [0.05, 0.1) is 5.56 Å². The van der Waals surface area contributed by atoms with E-state index in [1.807, 2.05) is 68.4 Å². The molecule has 0 aliphatic rings. The predicted molar refractivity (Wildman–Crippen MR) is 120 cm³/mol. The Bertz CT molecular complexity index is 1030. The highest BCUT2D eigenvalue weighted by Crippen LogP contribution is 2.27. The van der Waals surface area contributed by atoms with E-state index in [2.05, 4.69) is 5.16 Å². The molecule has 0 bridgehead atoms. The molecule has 0 unspecified atom stereocenters. The van der Waals surface area contributed by atoms with Crippen molar-refractivity contribution in [1.29, 1.82) is 0 Å². The first-order valence-corrected chi connectivity index (χ1v) is 10.6. The highest BCUT2D eigenvalue weighted by atomic mass is 32.2. The maximum Gasteiger partial charge on any atom is 0.365 e. The smallest absolute Gasteiger partial charge is 0.312 e. The summed E-state index contributed by atoms with van der Waals surface area (Å²) in [6.07, 6.45) is 1.15. The van der Waals surface area contributed by atoms with E-state index in [0.717, 1.165) is 15.4 Å². The third kappa shape index (κ3) is 5.91. The predicted octanol–water partition coefficient (Wildman–Crippen LogP) is 6.34. The summed E-state index contributed by atoms with van der Waals surface area (Å²) < 4.78 is 0. The fourth-order valence-electron chi connectivity index (χ4n) is 2.74. The lowest BCUT2D eigenvalue weighted by atomic mass is 10.0. The zero-order valence-electron chi connectivity index (χ0n) is 17.0. The largest absolute Gasteiger partial charge is 0.365 e. The fraction of sp³-hybridized carbons (Fsp3) is 0.160. The van der Waals surface area contributed by atoms with E-state index in [1.54, 1.807) is 36.0 Å². The molecule has 0 fully saturated rings. The summed E-state index contributed by atoms with van der Waals surface area (Å²) in [5.74, 6) is -0.809. The SMILES string of the molecule is CCC/C(=N/OC(=O)c1ccc(C)cc1)C(=O)c1ccc(Sc2ccccc2)cc1. The van der Waals surface area contributed by atoms with Crippen molar-refractivity contribution in [2.75, 3.05) is 0 Å². The fourth-order valence-corrected chi connectivity index (χ4v) is 3.58. The van der Waals surface area contributed by atoms with Crippen LogP contribution in [0, 0.1) is 6.92 Å². The first-order valence-electron chi connectivity index (χ1n) is 9.79. The van der Waals surface area contributed by atoms with Crippen LogP contribution in [-0.4, -0.2) is 17.5 Å². The molecular weight excluding hydrogens is 394 g/mol. The average Bonchev–Trinajstić information content (AvgIpc) is 2.77. The van der Waals surface area contributed by atoms with Crippen LogP contribution in [0.2, 0.25) is 0 Å². The monoisotopic (exact) mass is 417 g/mol. The number of carbonyl (C=O) groups excluding carboxylic acids is 2. The van der Waals surface area contributed by atoms with E-state index in [0.29, 0.717) is 24.0 Å². The summed E-state index contributed by atoms with van der Waals surface area (Å²) in [6.45, 7) is 3.89. The van der Waals surface area contributed by atoms with Crippen LogP contribution in [0.3, 0.4) is 0 Å². The molecule has 0 aromatic heterocycles. The van der Waals surface area contributed by atoms with E-state index >= 15 is 0 Å². The molecule has 0 aliphatic carbocycles.